The molecule has 1 atom stereocenters. The molecule has 0 aromatic heterocycles. The smallest absolute Gasteiger partial charge is 0.274 e. The van der Waals surface area contributed by atoms with Crippen LogP contribution in [0.25, 0.3) is 0 Å². The van der Waals surface area contributed by atoms with Gasteiger partial charge in [-0.3, -0.25) is 14.5 Å². The highest BCUT2D eigenvalue weighted by Crippen LogP contribution is 2.23. The number of carbonyl (C=O) groups is 3. The van der Waals surface area contributed by atoms with Crippen LogP contribution in [0.1, 0.15) is 33.6 Å². The minimum atomic E-state index is -2.97. The van der Waals surface area contributed by atoms with Crippen LogP contribution in [-0.2, 0) is 13.9 Å². The highest BCUT2D eigenvalue weighted by Gasteiger charge is 2.34. The van der Waals surface area contributed by atoms with Gasteiger partial charge in [0.25, 0.3) is 11.8 Å². The lowest BCUT2D eigenvalue weighted by Crippen LogP contribution is -2.31. The van der Waals surface area contributed by atoms with E-state index in [9.17, 15) is 18.9 Å². The molecule has 2 amide bonds. The van der Waals surface area contributed by atoms with Gasteiger partial charge in [0.15, 0.2) is 0 Å². The Kier molecular flexibility index (Phi) is 4.22. The van der Waals surface area contributed by atoms with Crippen LogP contribution in [0.3, 0.4) is 0 Å². The molecule has 1 aromatic carbocycles. The van der Waals surface area contributed by atoms with E-state index in [0.29, 0.717) is 11.1 Å². The summed E-state index contributed by atoms with van der Waals surface area (Å²) in [6, 6.07) is 6.48. The van der Waals surface area contributed by atoms with Gasteiger partial charge in [0.05, 0.1) is 17.5 Å². The van der Waals surface area contributed by atoms with Gasteiger partial charge in [-0.15, -0.1) is 4.89 Å². The van der Waals surface area contributed by atoms with Crippen LogP contribution in [0, 0.1) is 0 Å². The summed E-state index contributed by atoms with van der Waals surface area (Å²) in [6.07, 6.45) is 0.0303. The zero-order valence-corrected chi connectivity index (χ0v) is 11.2. The summed E-state index contributed by atoms with van der Waals surface area (Å²) in [7, 11) is -2.97. The molecule has 2 rings (SSSR count). The van der Waals surface area contributed by atoms with Gasteiger partial charge >= 0.3 is 14.2 Å². The molecule has 0 aliphatic carbocycles. The quantitative estimate of drug-likeness (QED) is 0.648. The molecule has 0 saturated heterocycles. The third-order valence-electron chi connectivity index (χ3n) is 2.82. The predicted molar refractivity (Wildman–Crippen MR) is 67.0 cm³/mol. The van der Waals surface area contributed by atoms with Gasteiger partial charge in [0.2, 0.25) is 0 Å². The van der Waals surface area contributed by atoms with Crippen molar-refractivity contribution in [2.45, 2.75) is 12.8 Å². The van der Waals surface area contributed by atoms with Crippen molar-refractivity contribution >= 4 is 26.0 Å². The highest BCUT2D eigenvalue weighted by molar-refractivity contribution is 7.32. The maximum Gasteiger partial charge on any atom is 0.750 e. The second-order valence-corrected chi connectivity index (χ2v) is 4.77. The number of nitrogens with zero attached hydrogens (tertiary/aromatic N) is 1. The lowest BCUT2D eigenvalue weighted by Gasteiger charge is -2.12. The van der Waals surface area contributed by atoms with Crippen molar-refractivity contribution in [2.24, 2.45) is 0 Å². The zero-order chi connectivity index (χ0) is 14.7. The van der Waals surface area contributed by atoms with Crippen molar-refractivity contribution in [3.63, 3.8) is 0 Å². The average Bonchev–Trinajstić information content (AvgIpc) is 2.63. The molecule has 1 aromatic rings. The number of benzene rings is 1. The van der Waals surface area contributed by atoms with E-state index in [4.69, 9.17) is 4.89 Å². The van der Waals surface area contributed by atoms with Crippen molar-refractivity contribution in [1.82, 2.24) is 4.90 Å². The Bertz CT molecular complexity index is 564. The van der Waals surface area contributed by atoms with E-state index in [1.807, 2.05) is 0 Å². The summed E-state index contributed by atoms with van der Waals surface area (Å²) in [6.45, 7) is 0.0592. The van der Waals surface area contributed by atoms with Gasteiger partial charge < -0.3 is 0 Å². The Hall–Kier alpha value is -2.11. The van der Waals surface area contributed by atoms with Gasteiger partial charge in [-0.1, -0.05) is 12.1 Å². The van der Waals surface area contributed by atoms with Crippen molar-refractivity contribution in [2.75, 3.05) is 6.54 Å². The summed E-state index contributed by atoms with van der Waals surface area (Å²) in [5, 5.41) is 0. The summed E-state index contributed by atoms with van der Waals surface area (Å²) in [4.78, 5) is 44.4. The Morgan fingerprint density at radius 1 is 1.20 bits per heavy atom. The highest BCUT2D eigenvalue weighted by atomic mass is 31.1. The van der Waals surface area contributed by atoms with E-state index in [1.54, 1.807) is 24.3 Å². The number of rotatable bonds is 5. The molecule has 0 saturated carbocycles. The van der Waals surface area contributed by atoms with Crippen molar-refractivity contribution in [1.29, 1.82) is 0 Å². The lowest BCUT2D eigenvalue weighted by molar-refractivity contribution is -0.134. The average molecular weight is 296 g/mol. The Balaban J connectivity index is 1.93. The Morgan fingerprint density at radius 3 is 2.25 bits per heavy atom. The fraction of sp³-hybridized carbons (Fsp3) is 0.250. The van der Waals surface area contributed by atoms with E-state index in [-0.39, 0.29) is 19.4 Å². The first kappa shape index (κ1) is 14.3. The molecule has 0 spiro atoms. The normalized spacial score (nSPS) is 14.2. The summed E-state index contributed by atoms with van der Waals surface area (Å²) in [5.41, 5.74) is 0.692. The predicted octanol–water partition coefficient (Wildman–Crippen LogP) is 1.26. The molecule has 7 nitrogen and oxygen atoms in total. The second kappa shape index (κ2) is 5.90. The van der Waals surface area contributed by atoms with Crippen LogP contribution in [0.4, 0.5) is 0 Å². The standard InChI is InChI=1S/C12H10NO6P/c14-10(19-20(17)18)6-3-7-13-11(15)8-4-1-2-5-9(8)12(13)16/h1-2,4-5H,3,6-7H2/p+1. The molecule has 1 aliphatic heterocycles. The van der Waals surface area contributed by atoms with Gasteiger partial charge in [0.1, 0.15) is 0 Å². The number of fused-ring (bicyclic) bond motifs is 1. The van der Waals surface area contributed by atoms with Crippen LogP contribution in [-0.4, -0.2) is 34.1 Å². The van der Waals surface area contributed by atoms with Gasteiger partial charge in [0, 0.05) is 11.1 Å². The monoisotopic (exact) mass is 296 g/mol. The first-order valence-electron chi connectivity index (χ1n) is 5.83. The molecule has 1 heterocycles. The number of imide groups is 1. The molecule has 8 heteroatoms. The van der Waals surface area contributed by atoms with Gasteiger partial charge in [-0.2, -0.15) is 4.52 Å². The largest absolute Gasteiger partial charge is 0.750 e. The maximum atomic E-state index is 12.0. The van der Waals surface area contributed by atoms with Gasteiger partial charge in [-0.25, -0.2) is 4.79 Å². The van der Waals surface area contributed by atoms with Crippen LogP contribution < -0.4 is 0 Å². The van der Waals surface area contributed by atoms with E-state index in [1.165, 1.54) is 0 Å². The second-order valence-electron chi connectivity index (χ2n) is 4.11. The maximum absolute atomic E-state index is 12.0. The van der Waals surface area contributed by atoms with E-state index >= 15 is 0 Å². The van der Waals surface area contributed by atoms with Crippen molar-refractivity contribution in [3.05, 3.63) is 35.4 Å². The first-order chi connectivity index (χ1) is 9.50. The van der Waals surface area contributed by atoms with Crippen LogP contribution in [0.5, 0.6) is 0 Å². The molecule has 20 heavy (non-hydrogen) atoms. The van der Waals surface area contributed by atoms with Crippen molar-refractivity contribution in [3.8, 4) is 0 Å². The van der Waals surface area contributed by atoms with Crippen molar-refractivity contribution < 1.29 is 28.4 Å². The lowest BCUT2D eigenvalue weighted by atomic mass is 10.1. The third kappa shape index (κ3) is 2.89. The molecule has 0 fully saturated rings. The molecular formula is C12H11NO6P+. The van der Waals surface area contributed by atoms with Crippen LogP contribution in [0.15, 0.2) is 24.3 Å². The number of hydrogen-bond donors (Lipinski definition) is 1. The van der Waals surface area contributed by atoms with E-state index in [0.717, 1.165) is 4.90 Å². The Morgan fingerprint density at radius 2 is 1.75 bits per heavy atom. The topological polar surface area (TPSA) is 101 Å². The summed E-state index contributed by atoms with van der Waals surface area (Å²) >= 11 is 0. The molecular weight excluding hydrogens is 285 g/mol. The molecule has 1 N–H and O–H groups in total. The zero-order valence-electron chi connectivity index (χ0n) is 10.3. The first-order valence-corrected chi connectivity index (χ1v) is 6.96. The minimum Gasteiger partial charge on any atom is -0.274 e. The van der Waals surface area contributed by atoms with Crippen LogP contribution >= 0.6 is 8.25 Å². The van der Waals surface area contributed by atoms with E-state index < -0.39 is 26.0 Å². The number of carbonyl (C=O) groups excluding carboxylic acids is 3. The fourth-order valence-corrected chi connectivity index (χ4v) is 2.22. The summed E-state index contributed by atoms with van der Waals surface area (Å²) in [5.74, 6) is -1.63. The molecule has 1 aliphatic rings. The fourth-order valence-electron chi connectivity index (χ4n) is 1.96. The number of hydrogen-bond acceptors (Lipinski definition) is 5. The minimum absolute atomic E-state index is 0.0592. The Labute approximate surface area is 115 Å². The summed E-state index contributed by atoms with van der Waals surface area (Å²) < 4.78 is 14.3. The third-order valence-corrected chi connectivity index (χ3v) is 3.18. The molecule has 0 radical (unpaired) electrons. The molecule has 104 valence electrons. The SMILES string of the molecule is O=C(CCCN1C(=O)c2ccccc2C1=O)O[P+](=O)O. The van der Waals surface area contributed by atoms with E-state index in [2.05, 4.69) is 4.52 Å². The number of amides is 2. The van der Waals surface area contributed by atoms with Crippen LogP contribution in [0.2, 0.25) is 0 Å². The molecule has 1 unspecified atom stereocenters. The van der Waals surface area contributed by atoms with Gasteiger partial charge in [-0.05, 0) is 18.6 Å². The molecule has 0 bridgehead atoms.